The molecule has 1 aliphatic heterocycles. The van der Waals surface area contributed by atoms with E-state index < -0.39 is 12.1 Å². The van der Waals surface area contributed by atoms with E-state index >= 15 is 0 Å². The maximum Gasteiger partial charge on any atom is 0.223 e. The second kappa shape index (κ2) is 17.8. The number of aliphatic hydroxyl groups is 1. The number of aliphatic hydroxyl groups excluding tert-OH is 1. The first-order valence-corrected chi connectivity index (χ1v) is 14.7. The van der Waals surface area contributed by atoms with Crippen molar-refractivity contribution in [2.45, 2.75) is 84.2 Å². The lowest BCUT2D eigenvalue weighted by Crippen LogP contribution is -2.44. The zero-order valence-corrected chi connectivity index (χ0v) is 25.7. The van der Waals surface area contributed by atoms with Crippen molar-refractivity contribution in [3.8, 4) is 11.5 Å². The summed E-state index contributed by atoms with van der Waals surface area (Å²) in [6, 6.07) is 5.58. The number of carbonyl (C=O) groups excluding carboxylic acids is 1. The van der Waals surface area contributed by atoms with Crippen LogP contribution in [-0.4, -0.2) is 83.1 Å². The molecule has 1 heterocycles. The number of hydrogen-bond donors (Lipinski definition) is 3. The van der Waals surface area contributed by atoms with Crippen LogP contribution in [0.5, 0.6) is 11.5 Å². The number of nitrogens with two attached hydrogens (primary N) is 1. The van der Waals surface area contributed by atoms with Crippen molar-refractivity contribution in [2.24, 2.45) is 29.4 Å². The van der Waals surface area contributed by atoms with Crippen LogP contribution in [-0.2, 0) is 25.4 Å². The van der Waals surface area contributed by atoms with Crippen LogP contribution in [0.4, 0.5) is 0 Å². The lowest BCUT2D eigenvalue weighted by Gasteiger charge is -2.30. The fourth-order valence-corrected chi connectivity index (χ4v) is 5.19. The zero-order valence-electron chi connectivity index (χ0n) is 25.7. The number of ether oxygens (including phenoxy) is 5. The highest BCUT2D eigenvalue weighted by Gasteiger charge is 2.31. The Morgan fingerprint density at radius 3 is 2.45 bits per heavy atom. The fraction of sp³-hybridized carbons (Fsp3) is 0.774. The molecule has 9 heteroatoms. The van der Waals surface area contributed by atoms with Crippen molar-refractivity contribution in [1.29, 1.82) is 0 Å². The van der Waals surface area contributed by atoms with Crippen molar-refractivity contribution in [1.82, 2.24) is 5.32 Å². The molecule has 230 valence electrons. The van der Waals surface area contributed by atoms with E-state index in [1.165, 1.54) is 0 Å². The molecular formula is C31H54N2O7. The number of carbonyl (C=O) groups is 1. The molecule has 6 atom stereocenters. The van der Waals surface area contributed by atoms with Crippen LogP contribution in [0.1, 0.15) is 58.9 Å². The molecule has 0 radical (unpaired) electrons. The van der Waals surface area contributed by atoms with Crippen LogP contribution in [0.3, 0.4) is 0 Å². The summed E-state index contributed by atoms with van der Waals surface area (Å²) < 4.78 is 27.6. The van der Waals surface area contributed by atoms with Gasteiger partial charge in [0.25, 0.3) is 0 Å². The second-order valence-corrected chi connectivity index (χ2v) is 11.7. The molecule has 1 aromatic carbocycles. The maximum absolute atomic E-state index is 13.0. The third-order valence-corrected chi connectivity index (χ3v) is 8.01. The summed E-state index contributed by atoms with van der Waals surface area (Å²) in [5, 5.41) is 14.1. The number of rotatable bonds is 19. The normalized spacial score (nSPS) is 20.4. The molecule has 1 aromatic rings. The van der Waals surface area contributed by atoms with Gasteiger partial charge in [0.2, 0.25) is 5.91 Å². The van der Waals surface area contributed by atoms with E-state index in [9.17, 15) is 9.90 Å². The molecule has 1 amide bonds. The van der Waals surface area contributed by atoms with Crippen molar-refractivity contribution in [3.63, 3.8) is 0 Å². The Bertz CT molecular complexity index is 866. The third-order valence-electron chi connectivity index (χ3n) is 8.01. The van der Waals surface area contributed by atoms with E-state index in [1.807, 2.05) is 26.0 Å². The lowest BCUT2D eigenvalue weighted by atomic mass is 9.81. The van der Waals surface area contributed by atoms with Crippen molar-refractivity contribution < 1.29 is 33.6 Å². The molecule has 0 aliphatic carbocycles. The smallest absolute Gasteiger partial charge is 0.223 e. The van der Waals surface area contributed by atoms with Gasteiger partial charge in [0.05, 0.1) is 38.6 Å². The standard InChI is InChI=1S/C31H54N2O7/c1-20(2)23(13-22-9-10-29(38-7)30(14-22)39-12-8-11-36-5)15-27(32)28(34)17-26(21(3)4)31(35)33-18-24-16-25(37-6)19-40-24/h9-10,14,20-21,23-28,34H,8,11-13,15-19,32H2,1-7H3,(H,33,35)/t23-,24+,25-,26-,27-,28-/m0/s1. The topological polar surface area (TPSA) is 122 Å². The minimum Gasteiger partial charge on any atom is -0.493 e. The van der Waals surface area contributed by atoms with E-state index in [-0.39, 0.29) is 35.9 Å². The predicted octanol–water partition coefficient (Wildman–Crippen LogP) is 3.59. The molecule has 1 aliphatic rings. The molecule has 0 unspecified atom stereocenters. The van der Waals surface area contributed by atoms with E-state index in [1.54, 1.807) is 21.3 Å². The summed E-state index contributed by atoms with van der Waals surface area (Å²) in [5.41, 5.74) is 7.69. The van der Waals surface area contributed by atoms with Gasteiger partial charge in [-0.1, -0.05) is 33.8 Å². The van der Waals surface area contributed by atoms with Gasteiger partial charge in [-0.2, -0.15) is 0 Å². The van der Waals surface area contributed by atoms with Crippen LogP contribution in [0.25, 0.3) is 0 Å². The molecular weight excluding hydrogens is 512 g/mol. The summed E-state index contributed by atoms with van der Waals surface area (Å²) in [6.45, 7) is 10.5. The van der Waals surface area contributed by atoms with E-state index in [4.69, 9.17) is 29.4 Å². The minimum absolute atomic E-state index is 0.0464. The summed E-state index contributed by atoms with van der Waals surface area (Å²) in [7, 11) is 4.99. The Kier molecular flexibility index (Phi) is 15.3. The van der Waals surface area contributed by atoms with Gasteiger partial charge in [0, 0.05) is 52.2 Å². The molecule has 0 aromatic heterocycles. The van der Waals surface area contributed by atoms with Gasteiger partial charge in [0.1, 0.15) is 0 Å². The van der Waals surface area contributed by atoms with Gasteiger partial charge in [-0.15, -0.1) is 0 Å². The van der Waals surface area contributed by atoms with Gasteiger partial charge < -0.3 is 39.8 Å². The Labute approximate surface area is 241 Å². The molecule has 1 fully saturated rings. The van der Waals surface area contributed by atoms with Crippen molar-refractivity contribution in [2.75, 3.05) is 47.7 Å². The summed E-state index contributed by atoms with van der Waals surface area (Å²) in [4.78, 5) is 13.0. The van der Waals surface area contributed by atoms with Gasteiger partial charge in [-0.25, -0.2) is 0 Å². The SMILES string of the molecule is COCCCOc1cc(C[C@@H](C[C@H](N)[C@@H](O)C[C@H](C(=O)NC[C@H]2C[C@H](OC)CO2)C(C)C)C(C)C)ccc1OC. The van der Waals surface area contributed by atoms with E-state index in [0.29, 0.717) is 50.9 Å². The summed E-state index contributed by atoms with van der Waals surface area (Å²) >= 11 is 0. The first kappa shape index (κ1) is 34.3. The van der Waals surface area contributed by atoms with Gasteiger partial charge in [-0.3, -0.25) is 4.79 Å². The van der Waals surface area contributed by atoms with E-state index in [2.05, 4.69) is 25.2 Å². The van der Waals surface area contributed by atoms with Crippen LogP contribution in [0, 0.1) is 23.7 Å². The molecule has 40 heavy (non-hydrogen) atoms. The van der Waals surface area contributed by atoms with Crippen LogP contribution >= 0.6 is 0 Å². The average molecular weight is 567 g/mol. The molecule has 0 saturated carbocycles. The Morgan fingerprint density at radius 1 is 1.10 bits per heavy atom. The Hall–Kier alpha value is -1.91. The molecule has 9 nitrogen and oxygen atoms in total. The second-order valence-electron chi connectivity index (χ2n) is 11.7. The average Bonchev–Trinajstić information content (AvgIpc) is 3.40. The monoisotopic (exact) mass is 566 g/mol. The summed E-state index contributed by atoms with van der Waals surface area (Å²) in [6.07, 6.45) is 2.58. The Morgan fingerprint density at radius 2 is 1.85 bits per heavy atom. The minimum atomic E-state index is -0.782. The summed E-state index contributed by atoms with van der Waals surface area (Å²) in [5.74, 6) is 1.69. The fourth-order valence-electron chi connectivity index (χ4n) is 5.19. The molecule has 0 spiro atoms. The highest BCUT2D eigenvalue weighted by molar-refractivity contribution is 5.79. The first-order chi connectivity index (χ1) is 19.1. The quantitative estimate of drug-likeness (QED) is 0.217. The highest BCUT2D eigenvalue weighted by atomic mass is 16.5. The maximum atomic E-state index is 13.0. The largest absolute Gasteiger partial charge is 0.493 e. The predicted molar refractivity (Wildman–Crippen MR) is 157 cm³/mol. The zero-order chi connectivity index (χ0) is 29.7. The molecule has 4 N–H and O–H groups in total. The first-order valence-electron chi connectivity index (χ1n) is 14.7. The number of amides is 1. The molecule has 0 bridgehead atoms. The van der Waals surface area contributed by atoms with E-state index in [0.717, 1.165) is 30.6 Å². The van der Waals surface area contributed by atoms with Crippen LogP contribution in [0.2, 0.25) is 0 Å². The molecule has 2 rings (SSSR count). The van der Waals surface area contributed by atoms with Crippen molar-refractivity contribution >= 4 is 5.91 Å². The number of nitrogens with one attached hydrogen (secondary N) is 1. The Balaban J connectivity index is 1.96. The van der Waals surface area contributed by atoms with Crippen LogP contribution < -0.4 is 20.5 Å². The number of hydrogen-bond acceptors (Lipinski definition) is 8. The number of benzene rings is 1. The number of methoxy groups -OCH3 is 3. The third kappa shape index (κ3) is 11.2. The molecule has 1 saturated heterocycles. The van der Waals surface area contributed by atoms with Gasteiger partial charge in [0.15, 0.2) is 11.5 Å². The van der Waals surface area contributed by atoms with Crippen LogP contribution in [0.15, 0.2) is 18.2 Å². The van der Waals surface area contributed by atoms with Crippen molar-refractivity contribution in [3.05, 3.63) is 23.8 Å². The van der Waals surface area contributed by atoms with Gasteiger partial charge in [-0.05, 0) is 54.7 Å². The lowest BCUT2D eigenvalue weighted by molar-refractivity contribution is -0.128. The highest BCUT2D eigenvalue weighted by Crippen LogP contribution is 2.32. The van der Waals surface area contributed by atoms with Gasteiger partial charge >= 0.3 is 0 Å².